The lowest BCUT2D eigenvalue weighted by atomic mass is 10.1. The minimum atomic E-state index is -1.58. The summed E-state index contributed by atoms with van der Waals surface area (Å²) in [6.45, 7) is 5.06. The SMILES string of the molecule is CC(C)(C)OC(=O)C(N)(N)CN. The first-order valence-corrected chi connectivity index (χ1v) is 3.70. The third-order valence-electron chi connectivity index (χ3n) is 1.12. The van der Waals surface area contributed by atoms with Gasteiger partial charge in [-0.15, -0.1) is 0 Å². The molecule has 0 aromatic carbocycles. The van der Waals surface area contributed by atoms with Crippen LogP contribution < -0.4 is 17.2 Å². The Hall–Kier alpha value is -0.650. The Kier molecular flexibility index (Phi) is 3.20. The van der Waals surface area contributed by atoms with Gasteiger partial charge in [0.1, 0.15) is 5.60 Å². The number of esters is 1. The lowest BCUT2D eigenvalue weighted by Crippen LogP contribution is -2.63. The van der Waals surface area contributed by atoms with E-state index >= 15 is 0 Å². The fourth-order valence-corrected chi connectivity index (χ4v) is 0.456. The molecule has 5 nitrogen and oxygen atoms in total. The molecule has 0 bridgehead atoms. The predicted octanol–water partition coefficient (Wildman–Crippen LogP) is -1.10. The van der Waals surface area contributed by atoms with E-state index in [-0.39, 0.29) is 6.54 Å². The van der Waals surface area contributed by atoms with Gasteiger partial charge in [-0.3, -0.25) is 0 Å². The van der Waals surface area contributed by atoms with Crippen LogP contribution in [0.15, 0.2) is 0 Å². The summed E-state index contributed by atoms with van der Waals surface area (Å²) in [6, 6.07) is 0. The number of rotatable bonds is 2. The minimum absolute atomic E-state index is 0.137. The van der Waals surface area contributed by atoms with Crippen molar-refractivity contribution in [3.05, 3.63) is 0 Å². The highest BCUT2D eigenvalue weighted by molar-refractivity contribution is 5.80. The molecule has 0 aliphatic heterocycles. The second-order valence-corrected chi connectivity index (χ2v) is 3.75. The highest BCUT2D eigenvalue weighted by atomic mass is 16.6. The zero-order valence-electron chi connectivity index (χ0n) is 7.76. The van der Waals surface area contributed by atoms with E-state index in [0.717, 1.165) is 0 Å². The van der Waals surface area contributed by atoms with E-state index in [1.165, 1.54) is 0 Å². The zero-order chi connectivity index (χ0) is 9.99. The maximum absolute atomic E-state index is 11.2. The average Bonchev–Trinajstić information content (AvgIpc) is 1.84. The van der Waals surface area contributed by atoms with Crippen LogP contribution in [0.2, 0.25) is 0 Å². The average molecular weight is 175 g/mol. The molecule has 72 valence electrons. The summed E-state index contributed by atoms with van der Waals surface area (Å²) in [6.07, 6.45) is 0. The Morgan fingerprint density at radius 1 is 1.33 bits per heavy atom. The van der Waals surface area contributed by atoms with Gasteiger partial charge in [0, 0.05) is 6.54 Å². The molecule has 0 radical (unpaired) electrons. The molecule has 0 aromatic rings. The molecule has 0 saturated carbocycles. The van der Waals surface area contributed by atoms with Crippen LogP contribution in [0.4, 0.5) is 0 Å². The highest BCUT2D eigenvalue weighted by Crippen LogP contribution is 2.09. The summed E-state index contributed by atoms with van der Waals surface area (Å²) in [7, 11) is 0. The number of nitrogens with two attached hydrogens (primary N) is 3. The second-order valence-electron chi connectivity index (χ2n) is 3.75. The molecule has 0 aliphatic rings. The molecule has 5 heteroatoms. The molecule has 0 spiro atoms. The minimum Gasteiger partial charge on any atom is -0.458 e. The van der Waals surface area contributed by atoms with E-state index in [2.05, 4.69) is 0 Å². The Morgan fingerprint density at radius 2 is 1.75 bits per heavy atom. The van der Waals surface area contributed by atoms with Gasteiger partial charge < -0.3 is 21.9 Å². The van der Waals surface area contributed by atoms with Gasteiger partial charge >= 0.3 is 5.97 Å². The van der Waals surface area contributed by atoms with E-state index in [0.29, 0.717) is 0 Å². The van der Waals surface area contributed by atoms with Gasteiger partial charge in [-0.1, -0.05) is 0 Å². The van der Waals surface area contributed by atoms with Crippen molar-refractivity contribution in [1.29, 1.82) is 0 Å². The quantitative estimate of drug-likeness (QED) is 0.365. The molecule has 0 fully saturated rings. The van der Waals surface area contributed by atoms with Gasteiger partial charge in [0.05, 0.1) is 0 Å². The summed E-state index contributed by atoms with van der Waals surface area (Å²) < 4.78 is 4.92. The summed E-state index contributed by atoms with van der Waals surface area (Å²) >= 11 is 0. The number of ether oxygens (including phenoxy) is 1. The first-order chi connectivity index (χ1) is 5.19. The van der Waals surface area contributed by atoms with E-state index in [1.54, 1.807) is 20.8 Å². The molecular weight excluding hydrogens is 158 g/mol. The second kappa shape index (κ2) is 3.38. The van der Waals surface area contributed by atoms with Crippen molar-refractivity contribution in [2.75, 3.05) is 6.54 Å². The molecule has 0 amide bonds. The molecule has 0 atom stereocenters. The largest absolute Gasteiger partial charge is 0.458 e. The fraction of sp³-hybridized carbons (Fsp3) is 0.857. The van der Waals surface area contributed by atoms with Crippen LogP contribution in [0.3, 0.4) is 0 Å². The Bertz CT molecular complexity index is 172. The fourth-order valence-electron chi connectivity index (χ4n) is 0.456. The van der Waals surface area contributed by atoms with Crippen LogP contribution in [0.25, 0.3) is 0 Å². The van der Waals surface area contributed by atoms with Crippen molar-refractivity contribution < 1.29 is 9.53 Å². The Morgan fingerprint density at radius 3 is 2.00 bits per heavy atom. The van der Waals surface area contributed by atoms with Gasteiger partial charge in [0.15, 0.2) is 5.66 Å². The van der Waals surface area contributed by atoms with Crippen molar-refractivity contribution >= 4 is 5.97 Å². The van der Waals surface area contributed by atoms with Crippen LogP contribution in [0.5, 0.6) is 0 Å². The van der Waals surface area contributed by atoms with Crippen LogP contribution >= 0.6 is 0 Å². The van der Waals surface area contributed by atoms with Crippen LogP contribution in [0.1, 0.15) is 20.8 Å². The monoisotopic (exact) mass is 175 g/mol. The summed E-state index contributed by atoms with van der Waals surface area (Å²) in [5.74, 6) is -0.683. The first-order valence-electron chi connectivity index (χ1n) is 3.70. The van der Waals surface area contributed by atoms with Gasteiger partial charge in [-0.05, 0) is 20.8 Å². The zero-order valence-corrected chi connectivity index (χ0v) is 7.76. The molecule has 6 N–H and O–H groups in total. The number of hydrogen-bond donors (Lipinski definition) is 3. The van der Waals surface area contributed by atoms with E-state index in [4.69, 9.17) is 21.9 Å². The van der Waals surface area contributed by atoms with Crippen LogP contribution in [-0.4, -0.2) is 23.8 Å². The van der Waals surface area contributed by atoms with E-state index in [1.807, 2.05) is 0 Å². The van der Waals surface area contributed by atoms with Gasteiger partial charge in [0.2, 0.25) is 0 Å². The van der Waals surface area contributed by atoms with Gasteiger partial charge in [0.25, 0.3) is 0 Å². The van der Waals surface area contributed by atoms with Crippen molar-refractivity contribution in [2.24, 2.45) is 17.2 Å². The van der Waals surface area contributed by atoms with E-state index in [9.17, 15) is 4.79 Å². The summed E-state index contributed by atoms with van der Waals surface area (Å²) in [4.78, 5) is 11.2. The predicted molar refractivity (Wildman–Crippen MR) is 46.0 cm³/mol. The standard InChI is InChI=1S/C7H17N3O2/c1-6(2,3)12-5(11)7(9,10)4-8/h4,8-10H2,1-3H3. The molecule has 0 unspecified atom stereocenters. The Labute approximate surface area is 72.2 Å². The lowest BCUT2D eigenvalue weighted by molar-refractivity contribution is -0.161. The van der Waals surface area contributed by atoms with Crippen molar-refractivity contribution in [2.45, 2.75) is 32.0 Å². The smallest absolute Gasteiger partial charge is 0.342 e. The topological polar surface area (TPSA) is 104 Å². The molecule has 0 aliphatic carbocycles. The summed E-state index contributed by atoms with van der Waals surface area (Å²) in [5.41, 5.74) is 13.7. The van der Waals surface area contributed by atoms with Crippen molar-refractivity contribution in [3.63, 3.8) is 0 Å². The highest BCUT2D eigenvalue weighted by Gasteiger charge is 2.32. The number of hydrogen-bond acceptors (Lipinski definition) is 5. The van der Waals surface area contributed by atoms with Crippen molar-refractivity contribution in [1.82, 2.24) is 0 Å². The van der Waals surface area contributed by atoms with Gasteiger partial charge in [-0.2, -0.15) is 0 Å². The van der Waals surface area contributed by atoms with Crippen molar-refractivity contribution in [3.8, 4) is 0 Å². The Balaban J connectivity index is 4.23. The maximum Gasteiger partial charge on any atom is 0.342 e. The maximum atomic E-state index is 11.2. The van der Waals surface area contributed by atoms with Crippen LogP contribution in [-0.2, 0) is 9.53 Å². The lowest BCUT2D eigenvalue weighted by Gasteiger charge is -2.26. The molecule has 0 heterocycles. The molecule has 0 saturated heterocycles. The van der Waals surface area contributed by atoms with Crippen LogP contribution in [0, 0.1) is 0 Å². The number of carbonyl (C=O) groups excluding carboxylic acids is 1. The third kappa shape index (κ3) is 3.66. The normalized spacial score (nSPS) is 12.8. The molecular formula is C7H17N3O2. The third-order valence-corrected chi connectivity index (χ3v) is 1.12. The molecule has 12 heavy (non-hydrogen) atoms. The molecule has 0 aromatic heterocycles. The molecule has 0 rings (SSSR count). The first kappa shape index (κ1) is 11.4. The van der Waals surface area contributed by atoms with E-state index < -0.39 is 17.2 Å². The van der Waals surface area contributed by atoms with Gasteiger partial charge in [-0.25, -0.2) is 4.79 Å². The number of carbonyl (C=O) groups is 1. The summed E-state index contributed by atoms with van der Waals surface area (Å²) in [5, 5.41) is 0.